The van der Waals surface area contributed by atoms with E-state index in [2.05, 4.69) is 68.6 Å². The number of aromatic nitrogens is 2. The van der Waals surface area contributed by atoms with Crippen LogP contribution in [0.5, 0.6) is 0 Å². The van der Waals surface area contributed by atoms with E-state index in [0.29, 0.717) is 6.04 Å². The van der Waals surface area contributed by atoms with E-state index < -0.39 is 0 Å². The lowest BCUT2D eigenvalue weighted by Gasteiger charge is -2.27. The maximum Gasteiger partial charge on any atom is 0.174 e. The highest BCUT2D eigenvalue weighted by molar-refractivity contribution is 7.80. The molecule has 1 N–H and O–H groups in total. The van der Waals surface area contributed by atoms with E-state index >= 15 is 0 Å². The molecule has 0 spiro atoms. The highest BCUT2D eigenvalue weighted by atomic mass is 32.1. The summed E-state index contributed by atoms with van der Waals surface area (Å²) in [6.07, 6.45) is 11.6. The van der Waals surface area contributed by atoms with E-state index in [-0.39, 0.29) is 12.1 Å². The molecule has 28 heavy (non-hydrogen) atoms. The molecule has 1 aliphatic carbocycles. The summed E-state index contributed by atoms with van der Waals surface area (Å²) < 4.78 is 2.41. The predicted molar refractivity (Wildman–Crippen MR) is 116 cm³/mol. The van der Waals surface area contributed by atoms with Crippen molar-refractivity contribution in [3.05, 3.63) is 84.4 Å². The first-order chi connectivity index (χ1) is 13.8. The topological polar surface area (TPSA) is 33.1 Å². The fraction of sp³-hybridized carbons (Fsp3) is 0.304. The highest BCUT2D eigenvalue weighted by Gasteiger charge is 2.41. The fourth-order valence-corrected chi connectivity index (χ4v) is 4.94. The van der Waals surface area contributed by atoms with Crippen LogP contribution in [0.4, 0.5) is 5.69 Å². The van der Waals surface area contributed by atoms with Gasteiger partial charge in [-0.2, -0.15) is 0 Å². The number of rotatable bonds is 4. The Bertz CT molecular complexity index is 947. The van der Waals surface area contributed by atoms with Crippen molar-refractivity contribution in [1.29, 1.82) is 0 Å². The van der Waals surface area contributed by atoms with Crippen LogP contribution >= 0.6 is 12.2 Å². The molecule has 3 aromatic rings. The number of para-hydroxylation sites is 1. The van der Waals surface area contributed by atoms with E-state index in [1.807, 2.05) is 24.4 Å². The van der Waals surface area contributed by atoms with Gasteiger partial charge in [0, 0.05) is 30.3 Å². The number of benzene rings is 1. The Kier molecular flexibility index (Phi) is 4.61. The predicted octanol–water partition coefficient (Wildman–Crippen LogP) is 5.18. The van der Waals surface area contributed by atoms with Gasteiger partial charge in [0.15, 0.2) is 5.11 Å². The molecule has 0 radical (unpaired) electrons. The summed E-state index contributed by atoms with van der Waals surface area (Å²) in [5.74, 6) is 0. The van der Waals surface area contributed by atoms with Gasteiger partial charge >= 0.3 is 0 Å². The van der Waals surface area contributed by atoms with Gasteiger partial charge in [-0.1, -0.05) is 37.1 Å². The molecule has 2 aromatic heterocycles. The standard InChI is InChI=1S/C23H24N4S/c28-23-25-21(20-12-6-7-14-24-20)22(27(23)19-10-2-1-3-11-19)17-13-15-26(16-17)18-8-4-5-9-18/h1-3,6-7,10-16,18,21-22H,4-5,8-9H2,(H,25,28)/t21-,22+/m0/s1. The summed E-state index contributed by atoms with van der Waals surface area (Å²) in [7, 11) is 0. The fourth-order valence-electron chi connectivity index (χ4n) is 4.60. The van der Waals surface area contributed by atoms with Crippen LogP contribution in [0.2, 0.25) is 0 Å². The molecule has 142 valence electrons. The molecule has 1 aliphatic heterocycles. The van der Waals surface area contributed by atoms with Crippen LogP contribution in [0.3, 0.4) is 0 Å². The van der Waals surface area contributed by atoms with Gasteiger partial charge in [-0.05, 0) is 61.0 Å². The molecule has 3 heterocycles. The number of anilines is 1. The maximum atomic E-state index is 5.77. The van der Waals surface area contributed by atoms with Crippen molar-refractivity contribution in [3.63, 3.8) is 0 Å². The lowest BCUT2D eigenvalue weighted by atomic mass is 9.98. The SMILES string of the molecule is S=C1N[C@@H](c2ccccn2)[C@@H](c2ccn(C3CCCC3)c2)N1c1ccccc1. The van der Waals surface area contributed by atoms with Crippen molar-refractivity contribution in [2.45, 2.75) is 43.8 Å². The quantitative estimate of drug-likeness (QED) is 0.625. The third-order valence-electron chi connectivity index (χ3n) is 5.96. The molecule has 0 amide bonds. The van der Waals surface area contributed by atoms with E-state index in [9.17, 15) is 0 Å². The monoisotopic (exact) mass is 388 g/mol. The molecule has 2 atom stereocenters. The van der Waals surface area contributed by atoms with Crippen molar-refractivity contribution in [2.75, 3.05) is 4.90 Å². The van der Waals surface area contributed by atoms with Crippen molar-refractivity contribution < 1.29 is 0 Å². The first-order valence-corrected chi connectivity index (χ1v) is 10.5. The Labute approximate surface area is 171 Å². The molecular formula is C23H24N4S. The van der Waals surface area contributed by atoms with Crippen LogP contribution in [-0.2, 0) is 0 Å². The molecule has 5 rings (SSSR count). The van der Waals surface area contributed by atoms with E-state index in [4.69, 9.17) is 12.2 Å². The number of hydrogen-bond acceptors (Lipinski definition) is 2. The van der Waals surface area contributed by atoms with Gasteiger partial charge in [0.05, 0.1) is 17.8 Å². The van der Waals surface area contributed by atoms with Gasteiger partial charge in [-0.3, -0.25) is 4.98 Å². The normalized spacial score (nSPS) is 22.6. The maximum absolute atomic E-state index is 5.77. The first-order valence-electron chi connectivity index (χ1n) is 10.0. The molecule has 4 nitrogen and oxygen atoms in total. The van der Waals surface area contributed by atoms with Crippen molar-refractivity contribution in [3.8, 4) is 0 Å². The van der Waals surface area contributed by atoms with Crippen LogP contribution in [0.15, 0.2) is 73.2 Å². The molecule has 2 aliphatic rings. The average Bonchev–Trinajstić information content (AvgIpc) is 3.48. The van der Waals surface area contributed by atoms with Gasteiger partial charge in [-0.25, -0.2) is 0 Å². The number of hydrogen-bond donors (Lipinski definition) is 1. The zero-order valence-corrected chi connectivity index (χ0v) is 16.6. The number of nitrogens with one attached hydrogen (secondary N) is 1. The van der Waals surface area contributed by atoms with Crippen molar-refractivity contribution in [2.24, 2.45) is 0 Å². The summed E-state index contributed by atoms with van der Waals surface area (Å²) in [5.41, 5.74) is 3.40. The largest absolute Gasteiger partial charge is 0.351 e. The second kappa shape index (κ2) is 7.40. The Morgan fingerprint density at radius 2 is 1.75 bits per heavy atom. The summed E-state index contributed by atoms with van der Waals surface area (Å²) >= 11 is 5.77. The van der Waals surface area contributed by atoms with Gasteiger partial charge in [0.25, 0.3) is 0 Å². The van der Waals surface area contributed by atoms with Gasteiger partial charge in [0.1, 0.15) is 0 Å². The van der Waals surface area contributed by atoms with Crippen LogP contribution in [0, 0.1) is 0 Å². The van der Waals surface area contributed by atoms with Crippen LogP contribution in [0.25, 0.3) is 0 Å². The van der Waals surface area contributed by atoms with E-state index in [0.717, 1.165) is 16.5 Å². The third kappa shape index (κ3) is 3.10. The zero-order valence-electron chi connectivity index (χ0n) is 15.7. The summed E-state index contributed by atoms with van der Waals surface area (Å²) in [5, 5.41) is 4.28. The molecule has 1 saturated carbocycles. The zero-order chi connectivity index (χ0) is 18.9. The van der Waals surface area contributed by atoms with Crippen molar-refractivity contribution in [1.82, 2.24) is 14.9 Å². The average molecular weight is 389 g/mol. The van der Waals surface area contributed by atoms with Crippen LogP contribution < -0.4 is 10.2 Å². The van der Waals surface area contributed by atoms with Gasteiger partial charge < -0.3 is 14.8 Å². The van der Waals surface area contributed by atoms with Crippen molar-refractivity contribution >= 4 is 23.0 Å². The lowest BCUT2D eigenvalue weighted by molar-refractivity contribution is 0.515. The molecule has 0 bridgehead atoms. The molecule has 2 fully saturated rings. The van der Waals surface area contributed by atoms with Gasteiger partial charge in [0.2, 0.25) is 0 Å². The summed E-state index contributed by atoms with van der Waals surface area (Å²) in [4.78, 5) is 6.87. The first kappa shape index (κ1) is 17.4. The molecule has 1 aromatic carbocycles. The Morgan fingerprint density at radius 1 is 0.964 bits per heavy atom. The second-order valence-corrected chi connectivity index (χ2v) is 8.05. The third-order valence-corrected chi connectivity index (χ3v) is 6.27. The van der Waals surface area contributed by atoms with Crippen LogP contribution in [-0.4, -0.2) is 14.7 Å². The number of thiocarbonyl (C=S) groups is 1. The lowest BCUT2D eigenvalue weighted by Crippen LogP contribution is -2.29. The summed E-state index contributed by atoms with van der Waals surface area (Å²) in [6.45, 7) is 0. The Hall–Kier alpha value is -2.66. The van der Waals surface area contributed by atoms with Gasteiger partial charge in [-0.15, -0.1) is 0 Å². The molecule has 5 heteroatoms. The Morgan fingerprint density at radius 3 is 2.50 bits per heavy atom. The molecule has 0 unspecified atom stereocenters. The molecule has 1 saturated heterocycles. The minimum absolute atomic E-state index is 0.0216. The second-order valence-electron chi connectivity index (χ2n) is 7.66. The minimum atomic E-state index is 0.0216. The highest BCUT2D eigenvalue weighted by Crippen LogP contribution is 2.42. The van der Waals surface area contributed by atoms with E-state index in [1.165, 1.54) is 31.2 Å². The molecular weight excluding hydrogens is 364 g/mol. The minimum Gasteiger partial charge on any atom is -0.351 e. The number of nitrogens with zero attached hydrogens (tertiary/aromatic N) is 3. The smallest absolute Gasteiger partial charge is 0.174 e. The van der Waals surface area contributed by atoms with Crippen LogP contribution in [0.1, 0.15) is 55.1 Å². The Balaban J connectivity index is 1.57. The summed E-state index contributed by atoms with van der Waals surface area (Å²) in [6, 6.07) is 19.5. The number of pyridine rings is 1. The van der Waals surface area contributed by atoms with E-state index in [1.54, 1.807) is 0 Å².